The highest BCUT2D eigenvalue weighted by Gasteiger charge is 2.59. The van der Waals surface area contributed by atoms with E-state index in [0.717, 1.165) is 48.3 Å². The Morgan fingerprint density at radius 1 is 1.00 bits per heavy atom. The Balaban J connectivity index is 1.49. The molecule has 0 amide bonds. The first kappa shape index (κ1) is 21.0. The zero-order chi connectivity index (χ0) is 20.1. The fraction of sp³-hybridized carbons (Fsp3) is 0.926. The second-order valence-corrected chi connectivity index (χ2v) is 12.2. The van der Waals surface area contributed by atoms with E-state index in [-0.39, 0.29) is 6.10 Å². The van der Waals surface area contributed by atoms with Gasteiger partial charge < -0.3 is 5.11 Å². The number of hydrogen-bond donors (Lipinski definition) is 1. The predicted molar refractivity (Wildman–Crippen MR) is 119 cm³/mol. The van der Waals surface area contributed by atoms with Crippen LogP contribution in [0.1, 0.15) is 105 Å². The SMILES string of the molecule is CC(C)CCC[C@@H](C)[C@H]1CC[C@H]2[C@@H]3CC=C4C[C@@H](O)CC[C@@]4(C)[C@@H]3CC[C@]12C. The van der Waals surface area contributed by atoms with Crippen LogP contribution in [-0.2, 0) is 0 Å². The van der Waals surface area contributed by atoms with E-state index in [1.165, 1.54) is 57.8 Å². The van der Waals surface area contributed by atoms with E-state index in [4.69, 9.17) is 0 Å². The lowest BCUT2D eigenvalue weighted by Gasteiger charge is -2.58. The zero-order valence-electron chi connectivity index (χ0n) is 19.3. The largest absolute Gasteiger partial charge is 0.393 e. The molecule has 28 heavy (non-hydrogen) atoms. The third-order valence-electron chi connectivity index (χ3n) is 10.3. The topological polar surface area (TPSA) is 20.2 Å². The molecule has 4 aliphatic carbocycles. The Morgan fingerprint density at radius 2 is 1.79 bits per heavy atom. The van der Waals surface area contributed by atoms with Gasteiger partial charge in [-0.15, -0.1) is 0 Å². The van der Waals surface area contributed by atoms with Crippen LogP contribution in [0.4, 0.5) is 0 Å². The van der Waals surface area contributed by atoms with E-state index in [0.29, 0.717) is 10.8 Å². The summed E-state index contributed by atoms with van der Waals surface area (Å²) in [5.41, 5.74) is 2.60. The molecule has 0 aliphatic heterocycles. The average Bonchev–Trinajstić information content (AvgIpc) is 2.99. The number of aliphatic hydroxyl groups is 1. The molecular formula is C27H46O. The first-order chi connectivity index (χ1) is 13.3. The fourth-order valence-corrected chi connectivity index (χ4v) is 8.67. The summed E-state index contributed by atoms with van der Waals surface area (Å²) in [6.45, 7) is 12.6. The quantitative estimate of drug-likeness (QED) is 0.488. The van der Waals surface area contributed by atoms with E-state index in [9.17, 15) is 5.11 Å². The smallest absolute Gasteiger partial charge is 0.0577 e. The van der Waals surface area contributed by atoms with Crippen molar-refractivity contribution in [3.8, 4) is 0 Å². The van der Waals surface area contributed by atoms with Crippen molar-refractivity contribution in [2.75, 3.05) is 0 Å². The summed E-state index contributed by atoms with van der Waals surface area (Å²) in [6, 6.07) is 0. The Labute approximate surface area is 174 Å². The molecule has 3 fully saturated rings. The Morgan fingerprint density at radius 3 is 2.54 bits per heavy atom. The number of aliphatic hydroxyl groups excluding tert-OH is 1. The third kappa shape index (κ3) is 3.42. The molecule has 0 heterocycles. The highest BCUT2D eigenvalue weighted by Crippen LogP contribution is 2.67. The number of hydrogen-bond acceptors (Lipinski definition) is 1. The normalized spacial score (nSPS) is 46.5. The fourth-order valence-electron chi connectivity index (χ4n) is 8.67. The maximum absolute atomic E-state index is 10.2. The minimum atomic E-state index is -0.0766. The number of fused-ring (bicyclic) bond motifs is 5. The summed E-state index contributed by atoms with van der Waals surface area (Å²) in [5, 5.41) is 10.2. The van der Waals surface area contributed by atoms with Crippen molar-refractivity contribution in [1.29, 1.82) is 0 Å². The van der Waals surface area contributed by atoms with Crippen molar-refractivity contribution < 1.29 is 5.11 Å². The van der Waals surface area contributed by atoms with Gasteiger partial charge in [0.15, 0.2) is 0 Å². The predicted octanol–water partition coefficient (Wildman–Crippen LogP) is 7.39. The van der Waals surface area contributed by atoms with Crippen LogP contribution < -0.4 is 0 Å². The van der Waals surface area contributed by atoms with Crippen LogP contribution in [0, 0.1) is 46.3 Å². The Kier molecular flexibility index (Phi) is 5.80. The van der Waals surface area contributed by atoms with Gasteiger partial charge in [0.2, 0.25) is 0 Å². The lowest BCUT2D eigenvalue weighted by molar-refractivity contribution is -0.0573. The van der Waals surface area contributed by atoms with Crippen LogP contribution >= 0.6 is 0 Å². The van der Waals surface area contributed by atoms with Gasteiger partial charge in [-0.1, -0.05) is 65.5 Å². The molecule has 0 bridgehead atoms. The average molecular weight is 387 g/mol. The molecule has 0 aromatic rings. The second-order valence-electron chi connectivity index (χ2n) is 12.2. The van der Waals surface area contributed by atoms with Gasteiger partial charge in [0.05, 0.1) is 6.10 Å². The highest BCUT2D eigenvalue weighted by atomic mass is 16.3. The van der Waals surface area contributed by atoms with Crippen molar-refractivity contribution in [3.63, 3.8) is 0 Å². The van der Waals surface area contributed by atoms with Crippen LogP contribution in [-0.4, -0.2) is 11.2 Å². The summed E-state index contributed by atoms with van der Waals surface area (Å²) in [6.07, 6.45) is 17.2. The van der Waals surface area contributed by atoms with Crippen molar-refractivity contribution in [2.24, 2.45) is 46.3 Å². The van der Waals surface area contributed by atoms with E-state index >= 15 is 0 Å². The summed E-state index contributed by atoms with van der Waals surface area (Å²) in [7, 11) is 0. The molecule has 4 aliphatic rings. The molecule has 8 atom stereocenters. The molecule has 0 aromatic carbocycles. The molecule has 0 aromatic heterocycles. The van der Waals surface area contributed by atoms with Gasteiger partial charge in [-0.05, 0) is 97.7 Å². The second kappa shape index (κ2) is 7.75. The van der Waals surface area contributed by atoms with Gasteiger partial charge >= 0.3 is 0 Å². The minimum absolute atomic E-state index is 0.0766. The van der Waals surface area contributed by atoms with E-state index in [1.54, 1.807) is 5.57 Å². The van der Waals surface area contributed by atoms with Crippen LogP contribution in [0.3, 0.4) is 0 Å². The Bertz CT molecular complexity index is 591. The van der Waals surface area contributed by atoms with Crippen LogP contribution in [0.15, 0.2) is 11.6 Å². The molecule has 4 rings (SSSR count). The van der Waals surface area contributed by atoms with E-state index in [1.807, 2.05) is 0 Å². The first-order valence-electron chi connectivity index (χ1n) is 12.6. The van der Waals surface area contributed by atoms with Gasteiger partial charge in [-0.2, -0.15) is 0 Å². The molecule has 0 radical (unpaired) electrons. The monoisotopic (exact) mass is 386 g/mol. The lowest BCUT2D eigenvalue weighted by Crippen LogP contribution is -2.50. The number of allylic oxidation sites excluding steroid dienone is 1. The van der Waals surface area contributed by atoms with Crippen LogP contribution in [0.5, 0.6) is 0 Å². The van der Waals surface area contributed by atoms with Crippen LogP contribution in [0.2, 0.25) is 0 Å². The number of rotatable bonds is 5. The van der Waals surface area contributed by atoms with Gasteiger partial charge in [-0.25, -0.2) is 0 Å². The van der Waals surface area contributed by atoms with Crippen molar-refractivity contribution in [2.45, 2.75) is 111 Å². The first-order valence-corrected chi connectivity index (χ1v) is 12.6. The Hall–Kier alpha value is -0.300. The van der Waals surface area contributed by atoms with Crippen LogP contribution in [0.25, 0.3) is 0 Å². The van der Waals surface area contributed by atoms with Crippen molar-refractivity contribution in [3.05, 3.63) is 11.6 Å². The van der Waals surface area contributed by atoms with Gasteiger partial charge in [-0.3, -0.25) is 0 Å². The van der Waals surface area contributed by atoms with Crippen molar-refractivity contribution in [1.82, 2.24) is 0 Å². The van der Waals surface area contributed by atoms with E-state index < -0.39 is 0 Å². The molecule has 0 unspecified atom stereocenters. The molecule has 1 heteroatoms. The molecule has 0 saturated heterocycles. The summed E-state index contributed by atoms with van der Waals surface area (Å²) in [5.74, 6) is 5.46. The zero-order valence-corrected chi connectivity index (χ0v) is 19.3. The van der Waals surface area contributed by atoms with Gasteiger partial charge in [0.1, 0.15) is 0 Å². The molecule has 0 spiro atoms. The molecular weight excluding hydrogens is 340 g/mol. The highest BCUT2D eigenvalue weighted by molar-refractivity contribution is 5.25. The maximum Gasteiger partial charge on any atom is 0.0577 e. The molecule has 1 N–H and O–H groups in total. The summed E-state index contributed by atoms with van der Waals surface area (Å²) >= 11 is 0. The molecule has 160 valence electrons. The maximum atomic E-state index is 10.2. The standard InChI is InChI=1S/C27H46O/c1-18(2)7-6-8-19(3)23-11-12-24-22-10-9-20-17-21(28)13-15-26(20,4)25(22)14-16-27(23,24)5/h9,18-19,21-25,28H,6-8,10-17H2,1-5H3/t19-,21+,22+,23-,24+,25-,26-,27-/m1/s1. The van der Waals surface area contributed by atoms with Crippen molar-refractivity contribution >= 4 is 0 Å². The molecule has 1 nitrogen and oxygen atoms in total. The van der Waals surface area contributed by atoms with Gasteiger partial charge in [0.25, 0.3) is 0 Å². The minimum Gasteiger partial charge on any atom is -0.393 e. The van der Waals surface area contributed by atoms with E-state index in [2.05, 4.69) is 40.7 Å². The third-order valence-corrected chi connectivity index (χ3v) is 10.3. The summed E-state index contributed by atoms with van der Waals surface area (Å²) in [4.78, 5) is 0. The van der Waals surface area contributed by atoms with Gasteiger partial charge in [0, 0.05) is 0 Å². The molecule has 3 saturated carbocycles. The lowest BCUT2D eigenvalue weighted by atomic mass is 9.47. The summed E-state index contributed by atoms with van der Waals surface area (Å²) < 4.78 is 0.